The Labute approximate surface area is 148 Å². The van der Waals surface area contributed by atoms with Crippen molar-refractivity contribution in [2.75, 3.05) is 0 Å². The summed E-state index contributed by atoms with van der Waals surface area (Å²) in [5.41, 5.74) is 1.66. The number of aryl methyl sites for hydroxylation is 2. The number of aliphatic hydroxyl groups excluding tert-OH is 1. The number of hydrogen-bond acceptors (Lipinski definition) is 6. The maximum Gasteiger partial charge on any atom is 0.272 e. The Morgan fingerprint density at radius 1 is 1.24 bits per heavy atom. The number of rotatable bonds is 5. The molecule has 0 radical (unpaired) electrons. The molecule has 7 nitrogen and oxygen atoms in total. The van der Waals surface area contributed by atoms with E-state index in [2.05, 4.69) is 15.1 Å². The van der Waals surface area contributed by atoms with Crippen LogP contribution in [0.3, 0.4) is 0 Å². The molecule has 0 aliphatic rings. The number of benzene rings is 1. The fourth-order valence-corrected chi connectivity index (χ4v) is 2.64. The molecule has 0 bridgehead atoms. The maximum atomic E-state index is 12.1. The number of aromatic nitrogens is 4. The van der Waals surface area contributed by atoms with E-state index >= 15 is 0 Å². The van der Waals surface area contributed by atoms with E-state index in [1.165, 1.54) is 4.57 Å². The monoisotopic (exact) mass is 360 g/mol. The van der Waals surface area contributed by atoms with Crippen molar-refractivity contribution >= 4 is 11.6 Å². The molecule has 3 aromatic rings. The van der Waals surface area contributed by atoms with E-state index in [1.807, 2.05) is 6.92 Å². The first-order valence-corrected chi connectivity index (χ1v) is 8.10. The lowest BCUT2D eigenvalue weighted by Gasteiger charge is -2.08. The largest absolute Gasteiger partial charge is 0.388 e. The molecule has 2 heterocycles. The quantitative estimate of drug-likeness (QED) is 0.749. The summed E-state index contributed by atoms with van der Waals surface area (Å²) in [6.07, 6.45) is 1.08. The van der Waals surface area contributed by atoms with Crippen molar-refractivity contribution in [2.45, 2.75) is 32.9 Å². The molecule has 2 aromatic heterocycles. The van der Waals surface area contributed by atoms with E-state index in [1.54, 1.807) is 37.4 Å². The van der Waals surface area contributed by atoms with Crippen LogP contribution in [0.15, 0.2) is 39.8 Å². The fourth-order valence-electron chi connectivity index (χ4n) is 2.51. The Hall–Kier alpha value is -2.51. The first-order valence-electron chi connectivity index (χ1n) is 7.72. The van der Waals surface area contributed by atoms with Crippen LogP contribution in [0.1, 0.15) is 34.8 Å². The zero-order valence-electron chi connectivity index (χ0n) is 13.8. The van der Waals surface area contributed by atoms with Gasteiger partial charge in [0, 0.05) is 17.6 Å². The van der Waals surface area contributed by atoms with Crippen molar-refractivity contribution in [3.8, 4) is 0 Å². The second-order valence-electron chi connectivity index (χ2n) is 5.78. The third kappa shape index (κ3) is 4.12. The minimum Gasteiger partial charge on any atom is -0.388 e. The highest BCUT2D eigenvalue weighted by Gasteiger charge is 2.15. The molecule has 0 amide bonds. The predicted molar refractivity (Wildman–Crippen MR) is 91.5 cm³/mol. The van der Waals surface area contributed by atoms with Crippen molar-refractivity contribution in [2.24, 2.45) is 0 Å². The lowest BCUT2D eigenvalue weighted by atomic mass is 10.1. The molecule has 1 atom stereocenters. The molecule has 0 aliphatic heterocycles. The summed E-state index contributed by atoms with van der Waals surface area (Å²) in [4.78, 5) is 20.4. The van der Waals surface area contributed by atoms with Gasteiger partial charge in [-0.3, -0.25) is 9.78 Å². The van der Waals surface area contributed by atoms with Gasteiger partial charge in [-0.05, 0) is 31.5 Å². The van der Waals surface area contributed by atoms with Crippen molar-refractivity contribution in [3.05, 3.63) is 74.5 Å². The molecule has 1 N–H and O–H groups in total. The second kappa shape index (κ2) is 7.16. The maximum absolute atomic E-state index is 12.1. The Balaban J connectivity index is 1.72. The molecular weight excluding hydrogens is 344 g/mol. The summed E-state index contributed by atoms with van der Waals surface area (Å²) < 4.78 is 6.66. The highest BCUT2D eigenvalue weighted by Crippen LogP contribution is 2.19. The van der Waals surface area contributed by atoms with E-state index in [4.69, 9.17) is 16.1 Å². The van der Waals surface area contributed by atoms with Crippen molar-refractivity contribution < 1.29 is 9.63 Å². The summed E-state index contributed by atoms with van der Waals surface area (Å²) in [7, 11) is 0. The molecule has 0 saturated heterocycles. The van der Waals surface area contributed by atoms with Crippen LogP contribution in [0.5, 0.6) is 0 Å². The fraction of sp³-hybridized carbons (Fsp3) is 0.294. The van der Waals surface area contributed by atoms with Gasteiger partial charge in [0.05, 0.1) is 11.8 Å². The molecule has 0 fully saturated rings. The van der Waals surface area contributed by atoms with E-state index in [9.17, 15) is 9.90 Å². The zero-order chi connectivity index (χ0) is 18.0. The van der Waals surface area contributed by atoms with Gasteiger partial charge in [-0.2, -0.15) is 4.98 Å². The van der Waals surface area contributed by atoms with Gasteiger partial charge in [0.25, 0.3) is 5.56 Å². The van der Waals surface area contributed by atoms with Crippen LogP contribution in [-0.2, 0) is 13.0 Å². The predicted octanol–water partition coefficient (Wildman–Crippen LogP) is 2.22. The molecule has 1 aromatic carbocycles. The highest BCUT2D eigenvalue weighted by atomic mass is 35.5. The topological polar surface area (TPSA) is 94.0 Å². The van der Waals surface area contributed by atoms with E-state index in [0.29, 0.717) is 28.0 Å². The van der Waals surface area contributed by atoms with Crippen LogP contribution in [0, 0.1) is 13.8 Å². The van der Waals surface area contributed by atoms with E-state index in [0.717, 1.165) is 5.69 Å². The first kappa shape index (κ1) is 17.3. The van der Waals surface area contributed by atoms with Gasteiger partial charge < -0.3 is 14.2 Å². The van der Waals surface area contributed by atoms with Gasteiger partial charge in [-0.25, -0.2) is 0 Å². The van der Waals surface area contributed by atoms with Crippen LogP contribution in [0.2, 0.25) is 5.02 Å². The molecule has 3 rings (SSSR count). The number of nitrogens with zero attached hydrogens (tertiary/aromatic N) is 4. The average Bonchev–Trinajstić information content (AvgIpc) is 2.99. The highest BCUT2D eigenvalue weighted by molar-refractivity contribution is 6.30. The van der Waals surface area contributed by atoms with Gasteiger partial charge in [0.1, 0.15) is 12.2 Å². The lowest BCUT2D eigenvalue weighted by molar-refractivity contribution is 0.174. The standard InChI is InChI=1S/C17H17ClN4O3/c1-10-8-22(17(24)11(2)19-10)9-16-20-15(21-25-16)7-14(23)12-3-5-13(18)6-4-12/h3-6,8,14,23H,7,9H2,1-2H3/t14-/m0/s1. The Morgan fingerprint density at radius 3 is 2.68 bits per heavy atom. The third-order valence-corrected chi connectivity index (χ3v) is 3.96. The molecule has 0 aliphatic carbocycles. The van der Waals surface area contributed by atoms with Crippen LogP contribution >= 0.6 is 11.6 Å². The normalized spacial score (nSPS) is 12.3. The number of halogens is 1. The van der Waals surface area contributed by atoms with Gasteiger partial charge >= 0.3 is 0 Å². The zero-order valence-corrected chi connectivity index (χ0v) is 14.6. The van der Waals surface area contributed by atoms with E-state index in [-0.39, 0.29) is 18.5 Å². The third-order valence-electron chi connectivity index (χ3n) is 3.70. The molecule has 0 unspecified atom stereocenters. The Morgan fingerprint density at radius 2 is 1.96 bits per heavy atom. The minimum absolute atomic E-state index is 0.160. The number of hydrogen-bond donors (Lipinski definition) is 1. The first-order chi connectivity index (χ1) is 11.9. The minimum atomic E-state index is -0.768. The van der Waals surface area contributed by atoms with Gasteiger partial charge in [0.2, 0.25) is 5.89 Å². The molecular formula is C17H17ClN4O3. The van der Waals surface area contributed by atoms with Crippen molar-refractivity contribution in [1.29, 1.82) is 0 Å². The van der Waals surface area contributed by atoms with Crippen LogP contribution in [-0.4, -0.2) is 24.8 Å². The molecule has 8 heteroatoms. The molecule has 0 saturated carbocycles. The van der Waals surface area contributed by atoms with Gasteiger partial charge in [0.15, 0.2) is 5.82 Å². The Kier molecular flexibility index (Phi) is 4.96. The smallest absolute Gasteiger partial charge is 0.272 e. The molecule has 130 valence electrons. The van der Waals surface area contributed by atoms with E-state index < -0.39 is 6.10 Å². The second-order valence-corrected chi connectivity index (χ2v) is 6.21. The summed E-state index contributed by atoms with van der Waals surface area (Å²) in [6.45, 7) is 3.63. The lowest BCUT2D eigenvalue weighted by Crippen LogP contribution is -2.24. The summed E-state index contributed by atoms with van der Waals surface area (Å²) in [5.74, 6) is 0.665. The van der Waals surface area contributed by atoms with Crippen molar-refractivity contribution in [3.63, 3.8) is 0 Å². The summed E-state index contributed by atoms with van der Waals surface area (Å²) in [5, 5.41) is 14.7. The summed E-state index contributed by atoms with van der Waals surface area (Å²) in [6, 6.07) is 6.91. The average molecular weight is 361 g/mol. The number of aliphatic hydroxyl groups is 1. The van der Waals surface area contributed by atoms with Crippen LogP contribution < -0.4 is 5.56 Å². The summed E-state index contributed by atoms with van der Waals surface area (Å²) >= 11 is 5.84. The van der Waals surface area contributed by atoms with Crippen molar-refractivity contribution in [1.82, 2.24) is 19.7 Å². The molecule has 0 spiro atoms. The SMILES string of the molecule is Cc1cn(Cc2nc(C[C@H](O)c3ccc(Cl)cc3)no2)c(=O)c(C)n1. The van der Waals surface area contributed by atoms with Crippen LogP contribution in [0.25, 0.3) is 0 Å². The van der Waals surface area contributed by atoms with Gasteiger partial charge in [-0.15, -0.1) is 0 Å². The van der Waals surface area contributed by atoms with Crippen LogP contribution in [0.4, 0.5) is 0 Å². The Bertz CT molecular complexity index is 934. The van der Waals surface area contributed by atoms with Gasteiger partial charge in [-0.1, -0.05) is 28.9 Å². The molecule has 25 heavy (non-hydrogen) atoms.